The van der Waals surface area contributed by atoms with E-state index in [2.05, 4.69) is 26.1 Å². The molecule has 2 heterocycles. The average Bonchev–Trinajstić information content (AvgIpc) is 2.38. The minimum Gasteiger partial charge on any atom is -0.311 e. The van der Waals surface area contributed by atoms with Crippen molar-refractivity contribution in [3.8, 4) is 0 Å². The van der Waals surface area contributed by atoms with Crippen molar-refractivity contribution in [2.75, 3.05) is 12.3 Å². The summed E-state index contributed by atoms with van der Waals surface area (Å²) in [5, 5.41) is 3.40. The third kappa shape index (κ3) is 3.23. The number of nitrogens with one attached hydrogen (secondary N) is 1. The molecule has 0 spiro atoms. The second-order valence-electron chi connectivity index (χ2n) is 5.08. The molecule has 1 aliphatic heterocycles. The molecule has 18 heavy (non-hydrogen) atoms. The third-order valence-corrected chi connectivity index (χ3v) is 4.30. The second kappa shape index (κ2) is 6.53. The van der Waals surface area contributed by atoms with Gasteiger partial charge in [-0.05, 0) is 36.6 Å². The predicted molar refractivity (Wildman–Crippen MR) is 78.0 cm³/mol. The molecule has 100 valence electrons. The number of rotatable bonds is 5. The van der Waals surface area contributed by atoms with Crippen LogP contribution in [0.25, 0.3) is 0 Å². The lowest BCUT2D eigenvalue weighted by molar-refractivity contribution is 0.603. The summed E-state index contributed by atoms with van der Waals surface area (Å²) in [6.07, 6.45) is 2.29. The summed E-state index contributed by atoms with van der Waals surface area (Å²) in [7, 11) is 0. The highest BCUT2D eigenvalue weighted by atomic mass is 32.2. The van der Waals surface area contributed by atoms with Gasteiger partial charge in [-0.25, -0.2) is 9.97 Å². The highest BCUT2D eigenvalue weighted by Crippen LogP contribution is 2.23. The Bertz CT molecular complexity index is 404. The zero-order valence-electron chi connectivity index (χ0n) is 11.6. The van der Waals surface area contributed by atoms with Gasteiger partial charge in [-0.15, -0.1) is 0 Å². The standard InChI is InChI=1S/C14H23N3S/c1-4-7-18-9-13-16-12-8-15-6-5-11(12)14(17-13)10(2)3/h10,15H,4-9H2,1-3H3. The minimum absolute atomic E-state index is 0.495. The topological polar surface area (TPSA) is 37.8 Å². The first-order valence-corrected chi connectivity index (χ1v) is 8.04. The van der Waals surface area contributed by atoms with E-state index in [1.807, 2.05) is 11.8 Å². The highest BCUT2D eigenvalue weighted by Gasteiger charge is 2.18. The SMILES string of the molecule is CCCSCc1nc2c(c(C(C)C)n1)CCNC2. The number of hydrogen-bond acceptors (Lipinski definition) is 4. The zero-order chi connectivity index (χ0) is 13.0. The van der Waals surface area contributed by atoms with Gasteiger partial charge < -0.3 is 5.32 Å². The molecular formula is C14H23N3S. The molecule has 0 aromatic carbocycles. The smallest absolute Gasteiger partial charge is 0.138 e. The van der Waals surface area contributed by atoms with Crippen LogP contribution in [0.3, 0.4) is 0 Å². The van der Waals surface area contributed by atoms with Crippen LogP contribution >= 0.6 is 11.8 Å². The monoisotopic (exact) mass is 265 g/mol. The molecule has 0 radical (unpaired) electrons. The van der Waals surface area contributed by atoms with Crippen LogP contribution in [0.2, 0.25) is 0 Å². The normalized spacial score (nSPS) is 14.9. The van der Waals surface area contributed by atoms with E-state index in [9.17, 15) is 0 Å². The van der Waals surface area contributed by atoms with E-state index in [-0.39, 0.29) is 0 Å². The molecule has 0 unspecified atom stereocenters. The largest absolute Gasteiger partial charge is 0.311 e. The Balaban J connectivity index is 2.24. The summed E-state index contributed by atoms with van der Waals surface area (Å²) in [6, 6.07) is 0. The average molecular weight is 265 g/mol. The van der Waals surface area contributed by atoms with Crippen molar-refractivity contribution >= 4 is 11.8 Å². The van der Waals surface area contributed by atoms with Gasteiger partial charge in [-0.2, -0.15) is 11.8 Å². The molecule has 1 N–H and O–H groups in total. The van der Waals surface area contributed by atoms with Crippen molar-refractivity contribution in [3.63, 3.8) is 0 Å². The van der Waals surface area contributed by atoms with Crippen LogP contribution in [-0.2, 0) is 18.7 Å². The molecule has 1 aromatic heterocycles. The van der Waals surface area contributed by atoms with Crippen LogP contribution in [0.5, 0.6) is 0 Å². The fraction of sp³-hybridized carbons (Fsp3) is 0.714. The molecular weight excluding hydrogens is 242 g/mol. The van der Waals surface area contributed by atoms with Crippen LogP contribution in [0.15, 0.2) is 0 Å². The summed E-state index contributed by atoms with van der Waals surface area (Å²) < 4.78 is 0. The number of fused-ring (bicyclic) bond motifs is 1. The van der Waals surface area contributed by atoms with E-state index in [1.165, 1.54) is 29.1 Å². The zero-order valence-corrected chi connectivity index (χ0v) is 12.4. The Morgan fingerprint density at radius 3 is 2.89 bits per heavy atom. The summed E-state index contributed by atoms with van der Waals surface area (Å²) >= 11 is 1.93. The van der Waals surface area contributed by atoms with Gasteiger partial charge >= 0.3 is 0 Å². The van der Waals surface area contributed by atoms with Crippen molar-refractivity contribution in [3.05, 3.63) is 22.8 Å². The Hall–Kier alpha value is -0.610. The van der Waals surface area contributed by atoms with Crippen molar-refractivity contribution in [2.45, 2.75) is 51.8 Å². The first-order chi connectivity index (χ1) is 8.72. The van der Waals surface area contributed by atoms with Gasteiger partial charge in [-0.1, -0.05) is 20.8 Å². The van der Waals surface area contributed by atoms with Gasteiger partial charge in [0.15, 0.2) is 0 Å². The second-order valence-corrected chi connectivity index (χ2v) is 6.19. The van der Waals surface area contributed by atoms with Crippen molar-refractivity contribution in [1.29, 1.82) is 0 Å². The lowest BCUT2D eigenvalue weighted by atomic mass is 9.97. The summed E-state index contributed by atoms with van der Waals surface area (Å²) in [5.74, 6) is 3.64. The summed E-state index contributed by atoms with van der Waals surface area (Å²) in [4.78, 5) is 9.53. The summed E-state index contributed by atoms with van der Waals surface area (Å²) in [6.45, 7) is 8.63. The maximum atomic E-state index is 4.80. The molecule has 1 aliphatic rings. The molecule has 0 saturated heterocycles. The first kappa shape index (κ1) is 13.8. The van der Waals surface area contributed by atoms with E-state index in [1.54, 1.807) is 0 Å². The quantitative estimate of drug-likeness (QED) is 0.831. The molecule has 2 rings (SSSR count). The summed E-state index contributed by atoms with van der Waals surface area (Å²) in [5.41, 5.74) is 3.90. The van der Waals surface area contributed by atoms with E-state index in [4.69, 9.17) is 9.97 Å². The number of aromatic nitrogens is 2. The lowest BCUT2D eigenvalue weighted by Gasteiger charge is -2.21. The van der Waals surface area contributed by atoms with Gasteiger partial charge in [0.25, 0.3) is 0 Å². The lowest BCUT2D eigenvalue weighted by Crippen LogP contribution is -2.27. The first-order valence-electron chi connectivity index (χ1n) is 6.89. The van der Waals surface area contributed by atoms with Gasteiger partial charge in [0.2, 0.25) is 0 Å². The van der Waals surface area contributed by atoms with Gasteiger partial charge in [-0.3, -0.25) is 0 Å². The molecule has 0 amide bonds. The van der Waals surface area contributed by atoms with E-state index in [0.29, 0.717) is 5.92 Å². The van der Waals surface area contributed by atoms with Crippen LogP contribution in [0.4, 0.5) is 0 Å². The Morgan fingerprint density at radius 1 is 1.33 bits per heavy atom. The van der Waals surface area contributed by atoms with Gasteiger partial charge in [0, 0.05) is 6.54 Å². The maximum Gasteiger partial charge on any atom is 0.138 e. The molecule has 0 atom stereocenters. The van der Waals surface area contributed by atoms with Crippen LogP contribution in [0.1, 0.15) is 55.9 Å². The maximum absolute atomic E-state index is 4.80. The van der Waals surface area contributed by atoms with E-state index >= 15 is 0 Å². The van der Waals surface area contributed by atoms with E-state index < -0.39 is 0 Å². The van der Waals surface area contributed by atoms with Gasteiger partial charge in [0.1, 0.15) is 5.82 Å². The molecule has 4 heteroatoms. The van der Waals surface area contributed by atoms with Crippen molar-refractivity contribution in [1.82, 2.24) is 15.3 Å². The van der Waals surface area contributed by atoms with Crippen LogP contribution in [-0.4, -0.2) is 22.3 Å². The van der Waals surface area contributed by atoms with E-state index in [0.717, 1.165) is 31.1 Å². The van der Waals surface area contributed by atoms with Crippen LogP contribution in [0, 0.1) is 0 Å². The Morgan fingerprint density at radius 2 is 2.17 bits per heavy atom. The number of nitrogens with zero attached hydrogens (tertiary/aromatic N) is 2. The molecule has 0 fully saturated rings. The Kier molecular flexibility index (Phi) is 5.01. The fourth-order valence-electron chi connectivity index (χ4n) is 2.29. The van der Waals surface area contributed by atoms with Crippen molar-refractivity contribution < 1.29 is 0 Å². The molecule has 0 bridgehead atoms. The van der Waals surface area contributed by atoms with Gasteiger partial charge in [0.05, 0.1) is 17.1 Å². The van der Waals surface area contributed by atoms with Crippen molar-refractivity contribution in [2.24, 2.45) is 0 Å². The highest BCUT2D eigenvalue weighted by molar-refractivity contribution is 7.98. The molecule has 3 nitrogen and oxygen atoms in total. The molecule has 1 aromatic rings. The Labute approximate surface area is 114 Å². The predicted octanol–water partition coefficient (Wildman–Crippen LogP) is 2.89. The molecule has 0 saturated carbocycles. The third-order valence-electron chi connectivity index (χ3n) is 3.14. The number of hydrogen-bond donors (Lipinski definition) is 1. The van der Waals surface area contributed by atoms with Crippen LogP contribution < -0.4 is 5.32 Å². The minimum atomic E-state index is 0.495. The molecule has 0 aliphatic carbocycles. The number of thioether (sulfide) groups is 1. The fourth-order valence-corrected chi connectivity index (χ4v) is 3.04.